The van der Waals surface area contributed by atoms with Crippen molar-refractivity contribution in [2.45, 2.75) is 43.7 Å². The molecule has 2 fully saturated rings. The Labute approximate surface area is 87.2 Å². The molecule has 0 spiro atoms. The first-order chi connectivity index (χ1) is 7.01. The summed E-state index contributed by atoms with van der Waals surface area (Å²) in [6, 6.07) is -0.876. The molecule has 2 aliphatic heterocycles. The standard InChI is InChI=1S/C10H15F2NO2/c1-15-9(14)4-6-2-7-5-10(11,12)8(3-6)13-7/h6-8,13H,2-5H2,1H3/t6-,7+,8-/m0/s1. The van der Waals surface area contributed by atoms with Crippen molar-refractivity contribution in [3.8, 4) is 0 Å². The summed E-state index contributed by atoms with van der Waals surface area (Å²) in [7, 11) is 1.33. The van der Waals surface area contributed by atoms with Gasteiger partial charge in [0.15, 0.2) is 0 Å². The van der Waals surface area contributed by atoms with E-state index in [0.717, 1.165) is 0 Å². The van der Waals surface area contributed by atoms with Crippen LogP contribution in [0.4, 0.5) is 8.78 Å². The van der Waals surface area contributed by atoms with Crippen molar-refractivity contribution in [1.82, 2.24) is 5.32 Å². The lowest BCUT2D eigenvalue weighted by molar-refractivity contribution is -0.142. The lowest BCUT2D eigenvalue weighted by Gasteiger charge is -2.28. The molecule has 0 saturated carbocycles. The molecule has 0 aromatic rings. The molecule has 2 heterocycles. The fraction of sp³-hybridized carbons (Fsp3) is 0.900. The first-order valence-corrected chi connectivity index (χ1v) is 5.22. The van der Waals surface area contributed by atoms with Crippen molar-refractivity contribution in [2.75, 3.05) is 7.11 Å². The van der Waals surface area contributed by atoms with Crippen LogP contribution in [0.25, 0.3) is 0 Å². The highest BCUT2D eigenvalue weighted by Gasteiger charge is 2.52. The summed E-state index contributed by atoms with van der Waals surface area (Å²) >= 11 is 0. The highest BCUT2D eigenvalue weighted by molar-refractivity contribution is 5.69. The van der Waals surface area contributed by atoms with Gasteiger partial charge in [-0.25, -0.2) is 8.78 Å². The average Bonchev–Trinajstić information content (AvgIpc) is 2.35. The molecule has 2 bridgehead atoms. The number of fused-ring (bicyclic) bond motifs is 2. The maximum Gasteiger partial charge on any atom is 0.305 e. The minimum Gasteiger partial charge on any atom is -0.469 e. The van der Waals surface area contributed by atoms with Gasteiger partial charge in [0.25, 0.3) is 5.92 Å². The van der Waals surface area contributed by atoms with Crippen LogP contribution >= 0.6 is 0 Å². The Morgan fingerprint density at radius 3 is 2.87 bits per heavy atom. The van der Waals surface area contributed by atoms with E-state index in [9.17, 15) is 13.6 Å². The molecule has 0 radical (unpaired) electrons. The molecule has 5 heteroatoms. The molecule has 2 rings (SSSR count). The molecule has 0 amide bonds. The monoisotopic (exact) mass is 219 g/mol. The van der Waals surface area contributed by atoms with E-state index in [1.807, 2.05) is 0 Å². The van der Waals surface area contributed by atoms with E-state index < -0.39 is 12.0 Å². The van der Waals surface area contributed by atoms with E-state index in [1.54, 1.807) is 0 Å². The molecule has 0 aromatic heterocycles. The summed E-state index contributed by atoms with van der Waals surface area (Å²) in [6.07, 6.45) is 1.20. The van der Waals surface area contributed by atoms with Gasteiger partial charge in [-0.1, -0.05) is 0 Å². The Morgan fingerprint density at radius 1 is 1.53 bits per heavy atom. The number of halogens is 2. The Hall–Kier alpha value is -0.710. The molecule has 15 heavy (non-hydrogen) atoms. The van der Waals surface area contributed by atoms with Crippen LogP contribution in [0, 0.1) is 5.92 Å². The Morgan fingerprint density at radius 2 is 2.27 bits per heavy atom. The first-order valence-electron chi connectivity index (χ1n) is 5.22. The maximum absolute atomic E-state index is 13.3. The zero-order chi connectivity index (χ0) is 11.1. The van der Waals surface area contributed by atoms with Gasteiger partial charge in [-0.2, -0.15) is 0 Å². The molecule has 2 aliphatic rings. The number of ether oxygens (including phenoxy) is 1. The largest absolute Gasteiger partial charge is 0.469 e. The number of hydrogen-bond donors (Lipinski definition) is 1. The van der Waals surface area contributed by atoms with Crippen molar-refractivity contribution in [3.05, 3.63) is 0 Å². The quantitative estimate of drug-likeness (QED) is 0.712. The third-order valence-corrected chi connectivity index (χ3v) is 3.34. The summed E-state index contributed by atoms with van der Waals surface area (Å²) in [4.78, 5) is 11.0. The smallest absolute Gasteiger partial charge is 0.305 e. The molecular weight excluding hydrogens is 204 g/mol. The molecule has 3 atom stereocenters. The van der Waals surface area contributed by atoms with E-state index in [2.05, 4.69) is 10.1 Å². The van der Waals surface area contributed by atoms with Crippen LogP contribution in [-0.4, -0.2) is 31.1 Å². The zero-order valence-corrected chi connectivity index (χ0v) is 8.63. The number of hydrogen-bond acceptors (Lipinski definition) is 3. The summed E-state index contributed by atoms with van der Waals surface area (Å²) in [5.74, 6) is -2.86. The minimum atomic E-state index is -2.60. The van der Waals surface area contributed by atoms with Gasteiger partial charge in [-0.15, -0.1) is 0 Å². The third-order valence-electron chi connectivity index (χ3n) is 3.34. The number of carbonyl (C=O) groups is 1. The van der Waals surface area contributed by atoms with Gasteiger partial charge < -0.3 is 10.1 Å². The number of carbonyl (C=O) groups excluding carboxylic acids is 1. The van der Waals surface area contributed by atoms with Crippen LogP contribution in [0.1, 0.15) is 25.7 Å². The Bertz CT molecular complexity index is 270. The van der Waals surface area contributed by atoms with Gasteiger partial charge in [0.05, 0.1) is 13.2 Å². The van der Waals surface area contributed by atoms with Crippen molar-refractivity contribution < 1.29 is 18.3 Å². The van der Waals surface area contributed by atoms with E-state index in [1.165, 1.54) is 7.11 Å². The number of nitrogens with one attached hydrogen (secondary N) is 1. The molecule has 0 aromatic carbocycles. The Balaban J connectivity index is 1.95. The minimum absolute atomic E-state index is 0.0436. The number of rotatable bonds is 2. The van der Waals surface area contributed by atoms with Crippen molar-refractivity contribution >= 4 is 5.97 Å². The second-order valence-corrected chi connectivity index (χ2v) is 4.50. The molecule has 0 unspecified atom stereocenters. The van der Waals surface area contributed by atoms with Gasteiger partial charge in [0.2, 0.25) is 0 Å². The van der Waals surface area contributed by atoms with Gasteiger partial charge >= 0.3 is 5.97 Å². The van der Waals surface area contributed by atoms with Crippen LogP contribution in [0.5, 0.6) is 0 Å². The highest BCUT2D eigenvalue weighted by atomic mass is 19.3. The molecular formula is C10H15F2NO2. The molecule has 1 N–H and O–H groups in total. The van der Waals surface area contributed by atoms with Crippen LogP contribution in [0.15, 0.2) is 0 Å². The predicted molar refractivity (Wildman–Crippen MR) is 49.6 cm³/mol. The summed E-state index contributed by atoms with van der Waals surface area (Å²) in [5, 5.41) is 2.90. The fourth-order valence-electron chi connectivity index (χ4n) is 2.65. The molecule has 86 valence electrons. The van der Waals surface area contributed by atoms with Gasteiger partial charge in [-0.05, 0) is 18.8 Å². The van der Waals surface area contributed by atoms with E-state index in [4.69, 9.17) is 0 Å². The second-order valence-electron chi connectivity index (χ2n) is 4.50. The third kappa shape index (κ3) is 2.12. The van der Waals surface area contributed by atoms with Crippen LogP contribution in [0.3, 0.4) is 0 Å². The van der Waals surface area contributed by atoms with E-state index in [-0.39, 0.29) is 30.8 Å². The van der Waals surface area contributed by atoms with E-state index >= 15 is 0 Å². The van der Waals surface area contributed by atoms with Crippen LogP contribution < -0.4 is 5.32 Å². The lowest BCUT2D eigenvalue weighted by atomic mass is 9.89. The Kier molecular flexibility index (Phi) is 2.66. The van der Waals surface area contributed by atoms with Crippen molar-refractivity contribution in [3.63, 3.8) is 0 Å². The highest BCUT2D eigenvalue weighted by Crippen LogP contribution is 2.42. The lowest BCUT2D eigenvalue weighted by Crippen LogP contribution is -2.43. The normalized spacial score (nSPS) is 37.7. The van der Waals surface area contributed by atoms with Gasteiger partial charge in [0.1, 0.15) is 0 Å². The summed E-state index contributed by atoms with van der Waals surface area (Å²) < 4.78 is 31.2. The topological polar surface area (TPSA) is 38.3 Å². The zero-order valence-electron chi connectivity index (χ0n) is 8.63. The predicted octanol–water partition coefficient (Wildman–Crippen LogP) is 1.33. The van der Waals surface area contributed by atoms with Crippen LogP contribution in [0.2, 0.25) is 0 Å². The number of esters is 1. The van der Waals surface area contributed by atoms with Crippen molar-refractivity contribution in [2.24, 2.45) is 5.92 Å². The van der Waals surface area contributed by atoms with E-state index in [0.29, 0.717) is 12.8 Å². The van der Waals surface area contributed by atoms with Gasteiger partial charge in [0, 0.05) is 18.9 Å². The number of alkyl halides is 2. The summed E-state index contributed by atoms with van der Waals surface area (Å²) in [5.41, 5.74) is 0. The first kappa shape index (κ1) is 10.8. The number of methoxy groups -OCH3 is 1. The van der Waals surface area contributed by atoms with Crippen LogP contribution in [-0.2, 0) is 9.53 Å². The maximum atomic E-state index is 13.3. The fourth-order valence-corrected chi connectivity index (χ4v) is 2.65. The molecule has 2 saturated heterocycles. The van der Waals surface area contributed by atoms with Crippen molar-refractivity contribution in [1.29, 1.82) is 0 Å². The molecule has 3 nitrogen and oxygen atoms in total. The number of piperidine rings is 1. The average molecular weight is 219 g/mol. The molecule has 0 aliphatic carbocycles. The van der Waals surface area contributed by atoms with Gasteiger partial charge in [-0.3, -0.25) is 4.79 Å². The SMILES string of the molecule is COC(=O)C[C@H]1C[C@@H]2CC(F)(F)[C@H](C1)N2. The second kappa shape index (κ2) is 3.70. The summed E-state index contributed by atoms with van der Waals surface area (Å²) in [6.45, 7) is 0.